The zero-order chi connectivity index (χ0) is 20.5. The summed E-state index contributed by atoms with van der Waals surface area (Å²) in [6, 6.07) is 12.4. The molecule has 150 valence electrons. The van der Waals surface area contributed by atoms with Crippen molar-refractivity contribution >= 4 is 44.0 Å². The summed E-state index contributed by atoms with van der Waals surface area (Å²) in [5.41, 5.74) is 2.52. The number of nitrogens with zero attached hydrogens (tertiary/aromatic N) is 5. The number of thiazole rings is 1. The van der Waals surface area contributed by atoms with Crippen LogP contribution in [0.5, 0.6) is 0 Å². The third-order valence-corrected chi connectivity index (χ3v) is 6.10. The SMILES string of the molecule is CN(C)c1cccc(C(=O)N2CCN(c3nc4ccc([N+](=O)[O-])cc4s3)CC2)c1. The lowest BCUT2D eigenvalue weighted by atomic mass is 10.1. The largest absolute Gasteiger partial charge is 0.378 e. The molecule has 0 atom stereocenters. The molecule has 0 radical (unpaired) electrons. The van der Waals surface area contributed by atoms with Gasteiger partial charge < -0.3 is 14.7 Å². The maximum absolute atomic E-state index is 12.9. The number of carbonyl (C=O) groups excluding carboxylic acids is 1. The number of non-ortho nitro benzene ring substituents is 1. The van der Waals surface area contributed by atoms with Gasteiger partial charge in [-0.3, -0.25) is 14.9 Å². The molecule has 0 saturated carbocycles. The number of nitro groups is 1. The number of hydrogen-bond acceptors (Lipinski definition) is 7. The predicted molar refractivity (Wildman–Crippen MR) is 115 cm³/mol. The molecular weight excluding hydrogens is 390 g/mol. The molecule has 9 heteroatoms. The first-order valence-corrected chi connectivity index (χ1v) is 10.1. The lowest BCUT2D eigenvalue weighted by molar-refractivity contribution is -0.384. The van der Waals surface area contributed by atoms with Gasteiger partial charge in [0.05, 0.1) is 15.1 Å². The van der Waals surface area contributed by atoms with Gasteiger partial charge in [-0.25, -0.2) is 4.98 Å². The molecule has 0 N–H and O–H groups in total. The Bertz CT molecular complexity index is 1070. The normalized spacial score (nSPS) is 14.3. The molecule has 0 aliphatic carbocycles. The van der Waals surface area contributed by atoms with Gasteiger partial charge in [0.1, 0.15) is 0 Å². The lowest BCUT2D eigenvalue weighted by Crippen LogP contribution is -2.48. The van der Waals surface area contributed by atoms with Gasteiger partial charge in [-0.2, -0.15) is 0 Å². The minimum atomic E-state index is -0.394. The zero-order valence-electron chi connectivity index (χ0n) is 16.2. The number of hydrogen-bond donors (Lipinski definition) is 0. The Kier molecular flexibility index (Phi) is 5.06. The van der Waals surface area contributed by atoms with Gasteiger partial charge in [-0.1, -0.05) is 17.4 Å². The average Bonchev–Trinajstić information content (AvgIpc) is 3.16. The summed E-state index contributed by atoms with van der Waals surface area (Å²) < 4.78 is 0.799. The van der Waals surface area contributed by atoms with Crippen LogP contribution in [0.2, 0.25) is 0 Å². The Labute approximate surface area is 172 Å². The molecule has 8 nitrogen and oxygen atoms in total. The van der Waals surface area contributed by atoms with Crippen LogP contribution in [0.4, 0.5) is 16.5 Å². The predicted octanol–water partition coefficient (Wildman–Crippen LogP) is 3.23. The van der Waals surface area contributed by atoms with E-state index < -0.39 is 4.92 Å². The smallest absolute Gasteiger partial charge is 0.270 e. The first-order valence-electron chi connectivity index (χ1n) is 9.29. The first kappa shape index (κ1) is 19.1. The Hall–Kier alpha value is -3.20. The average molecular weight is 411 g/mol. The van der Waals surface area contributed by atoms with Crippen LogP contribution in [-0.2, 0) is 0 Å². The van der Waals surface area contributed by atoms with Gasteiger partial charge in [0.2, 0.25) is 0 Å². The molecule has 0 spiro atoms. The van der Waals surface area contributed by atoms with Crippen molar-refractivity contribution in [3.63, 3.8) is 0 Å². The number of anilines is 2. The lowest BCUT2D eigenvalue weighted by Gasteiger charge is -2.34. The van der Waals surface area contributed by atoms with Crippen molar-refractivity contribution in [2.45, 2.75) is 0 Å². The summed E-state index contributed by atoms with van der Waals surface area (Å²) in [6.45, 7) is 2.59. The molecule has 1 amide bonds. The Balaban J connectivity index is 1.45. The Morgan fingerprint density at radius 2 is 1.90 bits per heavy atom. The van der Waals surface area contributed by atoms with E-state index in [-0.39, 0.29) is 11.6 Å². The van der Waals surface area contributed by atoms with Crippen molar-refractivity contribution in [1.29, 1.82) is 0 Å². The highest BCUT2D eigenvalue weighted by Crippen LogP contribution is 2.32. The van der Waals surface area contributed by atoms with Crippen LogP contribution >= 0.6 is 11.3 Å². The number of piperazine rings is 1. The van der Waals surface area contributed by atoms with Gasteiger partial charge in [0.15, 0.2) is 5.13 Å². The van der Waals surface area contributed by atoms with Crippen molar-refractivity contribution in [3.05, 3.63) is 58.1 Å². The van der Waals surface area contributed by atoms with Crippen LogP contribution in [0, 0.1) is 10.1 Å². The molecular formula is C20H21N5O3S. The number of amides is 1. The molecule has 1 aliphatic rings. The summed E-state index contributed by atoms with van der Waals surface area (Å²) in [5.74, 6) is 0.0354. The number of benzene rings is 2. The summed E-state index contributed by atoms with van der Waals surface area (Å²) in [5, 5.41) is 11.8. The van der Waals surface area contributed by atoms with Crippen LogP contribution in [-0.4, -0.2) is 61.0 Å². The quantitative estimate of drug-likeness (QED) is 0.484. The maximum atomic E-state index is 12.9. The fourth-order valence-electron chi connectivity index (χ4n) is 3.35. The monoisotopic (exact) mass is 411 g/mol. The number of carbonyl (C=O) groups is 1. The van der Waals surface area contributed by atoms with Crippen molar-refractivity contribution in [2.24, 2.45) is 0 Å². The van der Waals surface area contributed by atoms with Crippen LogP contribution in [0.3, 0.4) is 0 Å². The fraction of sp³-hybridized carbons (Fsp3) is 0.300. The van der Waals surface area contributed by atoms with E-state index in [0.29, 0.717) is 31.7 Å². The molecule has 4 rings (SSSR count). The fourth-order valence-corrected chi connectivity index (χ4v) is 4.40. The molecule has 2 heterocycles. The second-order valence-electron chi connectivity index (χ2n) is 7.13. The van der Waals surface area contributed by atoms with Crippen molar-refractivity contribution < 1.29 is 9.72 Å². The summed E-state index contributed by atoms with van der Waals surface area (Å²) >= 11 is 1.45. The number of rotatable bonds is 4. The van der Waals surface area contributed by atoms with E-state index in [2.05, 4.69) is 9.88 Å². The molecule has 1 aromatic heterocycles. The summed E-state index contributed by atoms with van der Waals surface area (Å²) in [6.07, 6.45) is 0. The molecule has 1 aliphatic heterocycles. The van der Waals surface area contributed by atoms with Crippen LogP contribution in [0.25, 0.3) is 10.2 Å². The summed E-state index contributed by atoms with van der Waals surface area (Å²) in [4.78, 5) is 34.0. The topological polar surface area (TPSA) is 82.8 Å². The van der Waals surface area contributed by atoms with Gasteiger partial charge in [-0.05, 0) is 24.3 Å². The summed E-state index contributed by atoms with van der Waals surface area (Å²) in [7, 11) is 3.91. The van der Waals surface area contributed by atoms with Gasteiger partial charge in [0, 0.05) is 63.7 Å². The van der Waals surface area contributed by atoms with E-state index in [9.17, 15) is 14.9 Å². The van der Waals surface area contributed by atoms with Gasteiger partial charge in [-0.15, -0.1) is 0 Å². The third kappa shape index (κ3) is 3.86. The van der Waals surface area contributed by atoms with E-state index >= 15 is 0 Å². The minimum absolute atomic E-state index is 0.0354. The molecule has 1 fully saturated rings. The van der Waals surface area contributed by atoms with E-state index in [0.717, 1.165) is 21.0 Å². The first-order chi connectivity index (χ1) is 13.9. The molecule has 0 unspecified atom stereocenters. The Morgan fingerprint density at radius 3 is 2.59 bits per heavy atom. The van der Waals surface area contributed by atoms with E-state index in [4.69, 9.17) is 0 Å². The van der Waals surface area contributed by atoms with E-state index in [1.165, 1.54) is 17.4 Å². The van der Waals surface area contributed by atoms with Crippen LogP contribution in [0.1, 0.15) is 10.4 Å². The van der Waals surface area contributed by atoms with Crippen molar-refractivity contribution in [1.82, 2.24) is 9.88 Å². The van der Waals surface area contributed by atoms with Crippen molar-refractivity contribution in [3.8, 4) is 0 Å². The second-order valence-corrected chi connectivity index (χ2v) is 8.14. The highest BCUT2D eigenvalue weighted by atomic mass is 32.1. The highest BCUT2D eigenvalue weighted by molar-refractivity contribution is 7.22. The van der Waals surface area contributed by atoms with E-state index in [1.807, 2.05) is 48.2 Å². The zero-order valence-corrected chi connectivity index (χ0v) is 17.1. The highest BCUT2D eigenvalue weighted by Gasteiger charge is 2.24. The van der Waals surface area contributed by atoms with Crippen molar-refractivity contribution in [2.75, 3.05) is 50.1 Å². The number of aromatic nitrogens is 1. The minimum Gasteiger partial charge on any atom is -0.378 e. The number of nitro benzene ring substituents is 1. The molecule has 29 heavy (non-hydrogen) atoms. The van der Waals surface area contributed by atoms with Crippen LogP contribution in [0.15, 0.2) is 42.5 Å². The van der Waals surface area contributed by atoms with E-state index in [1.54, 1.807) is 12.1 Å². The molecule has 3 aromatic rings. The molecule has 0 bridgehead atoms. The Morgan fingerprint density at radius 1 is 1.14 bits per heavy atom. The molecule has 2 aromatic carbocycles. The standard InChI is InChI=1S/C20H21N5O3S/c1-22(2)15-5-3-4-14(12-15)19(26)23-8-10-24(11-9-23)20-21-17-7-6-16(25(27)28)13-18(17)29-20/h3-7,12-13H,8-11H2,1-2H3. The van der Waals surface area contributed by atoms with Gasteiger partial charge in [0.25, 0.3) is 11.6 Å². The third-order valence-electron chi connectivity index (χ3n) is 5.02. The van der Waals surface area contributed by atoms with Crippen LogP contribution < -0.4 is 9.80 Å². The van der Waals surface area contributed by atoms with Gasteiger partial charge >= 0.3 is 0 Å². The second kappa shape index (κ2) is 7.67. The number of fused-ring (bicyclic) bond motifs is 1. The molecule has 1 saturated heterocycles. The maximum Gasteiger partial charge on any atom is 0.270 e.